The lowest BCUT2D eigenvalue weighted by molar-refractivity contribution is 0.00784. The predicted octanol–water partition coefficient (Wildman–Crippen LogP) is 2.63. The van der Waals surface area contributed by atoms with Crippen molar-refractivity contribution in [3.8, 4) is 17.1 Å². The lowest BCUT2D eigenvalue weighted by Crippen LogP contribution is -2.34. The zero-order valence-electron chi connectivity index (χ0n) is 17.7. The Morgan fingerprint density at radius 3 is 2.67 bits per heavy atom. The molecule has 2 saturated heterocycles. The lowest BCUT2D eigenvalue weighted by atomic mass is 9.95. The Balaban J connectivity index is 1.33. The van der Waals surface area contributed by atoms with Crippen LogP contribution in [-0.4, -0.2) is 70.7 Å². The Hall–Kier alpha value is -2.49. The zero-order chi connectivity index (χ0) is 22.7. The number of aromatic amines is 1. The van der Waals surface area contributed by atoms with E-state index in [0.29, 0.717) is 33.6 Å². The van der Waals surface area contributed by atoms with E-state index >= 15 is 0 Å². The summed E-state index contributed by atoms with van der Waals surface area (Å²) >= 11 is 6.55. The quantitative estimate of drug-likeness (QED) is 0.474. The van der Waals surface area contributed by atoms with Crippen LogP contribution in [0.4, 0.5) is 0 Å². The maximum Gasteiger partial charge on any atom is 0.204 e. The molecule has 2 aromatic heterocycles. The lowest BCUT2D eigenvalue weighted by Gasteiger charge is -2.17. The first-order valence-electron chi connectivity index (χ1n) is 11.0. The summed E-state index contributed by atoms with van der Waals surface area (Å²) < 4.78 is 17.3. The molecule has 0 spiro atoms. The third-order valence-electron chi connectivity index (χ3n) is 7.02. The molecule has 0 radical (unpaired) electrons. The summed E-state index contributed by atoms with van der Waals surface area (Å²) in [5, 5.41) is 20.1. The molecular formula is C24H23ClN2O6. The molecule has 33 heavy (non-hydrogen) atoms. The van der Waals surface area contributed by atoms with Gasteiger partial charge in [-0.05, 0) is 24.5 Å². The average molecular weight is 471 g/mol. The number of pyridine rings is 1. The number of H-pyrrole nitrogens is 1. The predicted molar refractivity (Wildman–Crippen MR) is 120 cm³/mol. The van der Waals surface area contributed by atoms with Crippen molar-refractivity contribution in [3.63, 3.8) is 0 Å². The number of ether oxygens (including phenoxy) is 3. The molecule has 0 bridgehead atoms. The van der Waals surface area contributed by atoms with Gasteiger partial charge in [-0.1, -0.05) is 35.9 Å². The van der Waals surface area contributed by atoms with Crippen LogP contribution in [0.5, 0.6) is 5.88 Å². The highest BCUT2D eigenvalue weighted by Crippen LogP contribution is 2.48. The minimum absolute atomic E-state index is 0.112. The van der Waals surface area contributed by atoms with E-state index in [1.54, 1.807) is 6.07 Å². The van der Waals surface area contributed by atoms with Crippen molar-refractivity contribution in [1.82, 2.24) is 9.97 Å². The third-order valence-corrected chi connectivity index (χ3v) is 7.31. The number of nitrogens with zero attached hydrogens (tertiary/aromatic N) is 1. The SMILES string of the molecule is O=Cc1c(O[C@@H]2COC3[C@H](O)CO[C@@H]32)[nH]c2cc(Cl)c(-c3ccc(C4(CO)CC4)cc3)nc12. The number of carbonyl (C=O) groups excluding carboxylic acids is 1. The fourth-order valence-corrected chi connectivity index (χ4v) is 5.12. The van der Waals surface area contributed by atoms with Crippen molar-refractivity contribution in [2.45, 2.75) is 42.7 Å². The smallest absolute Gasteiger partial charge is 0.204 e. The number of nitrogens with one attached hydrogen (secondary N) is 1. The van der Waals surface area contributed by atoms with Crippen LogP contribution in [0.2, 0.25) is 5.02 Å². The number of benzene rings is 1. The zero-order valence-corrected chi connectivity index (χ0v) is 18.4. The Labute approximate surface area is 194 Å². The molecule has 2 aliphatic heterocycles. The molecule has 3 aliphatic rings. The molecular weight excluding hydrogens is 448 g/mol. The van der Waals surface area contributed by atoms with E-state index in [2.05, 4.69) is 4.98 Å². The van der Waals surface area contributed by atoms with Crippen molar-refractivity contribution in [2.24, 2.45) is 0 Å². The normalized spacial score (nSPS) is 27.6. The van der Waals surface area contributed by atoms with Crippen LogP contribution in [0.1, 0.15) is 28.8 Å². The van der Waals surface area contributed by atoms with Crippen LogP contribution < -0.4 is 4.74 Å². The topological polar surface area (TPSA) is 114 Å². The molecule has 3 aromatic rings. The highest BCUT2D eigenvalue weighted by atomic mass is 35.5. The van der Waals surface area contributed by atoms with E-state index in [-0.39, 0.29) is 31.1 Å². The van der Waals surface area contributed by atoms with Crippen molar-refractivity contribution < 1.29 is 29.2 Å². The van der Waals surface area contributed by atoms with Crippen molar-refractivity contribution >= 4 is 28.9 Å². The molecule has 4 heterocycles. The van der Waals surface area contributed by atoms with Gasteiger partial charge in [0.1, 0.15) is 29.4 Å². The maximum atomic E-state index is 12.0. The minimum Gasteiger partial charge on any atom is -0.470 e. The van der Waals surface area contributed by atoms with Crippen LogP contribution in [0.3, 0.4) is 0 Å². The molecule has 6 rings (SSSR count). The number of hydrogen-bond acceptors (Lipinski definition) is 7. The highest BCUT2D eigenvalue weighted by Gasteiger charge is 2.48. The summed E-state index contributed by atoms with van der Waals surface area (Å²) in [6.07, 6.45) is 0.714. The number of fused-ring (bicyclic) bond motifs is 2. The number of rotatable bonds is 6. The Kier molecular flexibility index (Phi) is 4.97. The fraction of sp³-hybridized carbons (Fsp3) is 0.417. The van der Waals surface area contributed by atoms with Gasteiger partial charge in [0.2, 0.25) is 5.88 Å². The summed E-state index contributed by atoms with van der Waals surface area (Å²) in [6, 6.07) is 9.61. The van der Waals surface area contributed by atoms with Gasteiger partial charge >= 0.3 is 0 Å². The first-order chi connectivity index (χ1) is 16.0. The Morgan fingerprint density at radius 1 is 1.21 bits per heavy atom. The maximum absolute atomic E-state index is 12.0. The van der Waals surface area contributed by atoms with Gasteiger partial charge < -0.3 is 29.4 Å². The van der Waals surface area contributed by atoms with E-state index in [9.17, 15) is 15.0 Å². The molecule has 3 N–H and O–H groups in total. The number of aromatic nitrogens is 2. The molecule has 1 saturated carbocycles. The second kappa shape index (κ2) is 7.78. The van der Waals surface area contributed by atoms with Gasteiger partial charge in [0.15, 0.2) is 12.4 Å². The van der Waals surface area contributed by atoms with E-state index in [1.807, 2.05) is 24.3 Å². The molecule has 3 fully saturated rings. The summed E-state index contributed by atoms with van der Waals surface area (Å²) in [5.74, 6) is 0.272. The van der Waals surface area contributed by atoms with Crippen molar-refractivity contribution in [1.29, 1.82) is 0 Å². The van der Waals surface area contributed by atoms with Crippen LogP contribution in [0.15, 0.2) is 30.3 Å². The first kappa shape index (κ1) is 21.1. The summed E-state index contributed by atoms with van der Waals surface area (Å²) in [4.78, 5) is 19.8. The van der Waals surface area contributed by atoms with Gasteiger partial charge in [-0.25, -0.2) is 4.98 Å². The molecule has 1 unspecified atom stereocenters. The van der Waals surface area contributed by atoms with Gasteiger partial charge in [-0.3, -0.25) is 4.79 Å². The monoisotopic (exact) mass is 470 g/mol. The standard InChI is InChI=1S/C24H23ClN2O6/c25-15-7-16-20(27-19(15)12-1-3-13(4-2-12)24(11-29)5-6-24)14(8-28)23(26-16)33-18-10-32-21-17(30)9-31-22(18)21/h1-4,7-8,17-18,21-22,26,29-30H,5-6,9-11H2/t17-,18-,21?,22-/m1/s1. The third kappa shape index (κ3) is 3.36. The van der Waals surface area contributed by atoms with Gasteiger partial charge in [0.25, 0.3) is 0 Å². The summed E-state index contributed by atoms with van der Waals surface area (Å²) in [6.45, 7) is 0.589. The number of carbonyl (C=O) groups is 1. The van der Waals surface area contributed by atoms with E-state index in [4.69, 9.17) is 30.8 Å². The van der Waals surface area contributed by atoms with Crippen LogP contribution >= 0.6 is 11.6 Å². The average Bonchev–Trinajstić information content (AvgIpc) is 3.23. The number of halogens is 1. The van der Waals surface area contributed by atoms with Crippen LogP contribution in [-0.2, 0) is 14.9 Å². The fourth-order valence-electron chi connectivity index (χ4n) is 4.86. The van der Waals surface area contributed by atoms with Crippen LogP contribution in [0.25, 0.3) is 22.3 Å². The Morgan fingerprint density at radius 2 is 1.97 bits per heavy atom. The minimum atomic E-state index is -0.682. The first-order valence-corrected chi connectivity index (χ1v) is 11.4. The summed E-state index contributed by atoms with van der Waals surface area (Å²) in [5.41, 5.74) is 3.70. The van der Waals surface area contributed by atoms with Gasteiger partial charge in [-0.2, -0.15) is 0 Å². The molecule has 1 aliphatic carbocycles. The molecule has 0 amide bonds. The van der Waals surface area contributed by atoms with Gasteiger partial charge in [-0.15, -0.1) is 0 Å². The van der Waals surface area contributed by atoms with Crippen molar-refractivity contribution in [2.75, 3.05) is 19.8 Å². The molecule has 172 valence electrons. The largest absolute Gasteiger partial charge is 0.470 e. The number of aliphatic hydroxyl groups excluding tert-OH is 2. The number of aldehydes is 1. The number of hydrogen-bond donors (Lipinski definition) is 3. The molecule has 8 nitrogen and oxygen atoms in total. The van der Waals surface area contributed by atoms with E-state index in [1.165, 1.54) is 0 Å². The highest BCUT2D eigenvalue weighted by molar-refractivity contribution is 6.33. The second-order valence-corrected chi connectivity index (χ2v) is 9.44. The van der Waals surface area contributed by atoms with Crippen molar-refractivity contribution in [3.05, 3.63) is 46.5 Å². The van der Waals surface area contributed by atoms with Crippen LogP contribution in [0, 0.1) is 0 Å². The van der Waals surface area contributed by atoms with E-state index < -0.39 is 24.4 Å². The molecule has 4 atom stereocenters. The molecule has 1 aromatic carbocycles. The van der Waals surface area contributed by atoms with Gasteiger partial charge in [0.05, 0.1) is 36.1 Å². The van der Waals surface area contributed by atoms with Gasteiger partial charge in [0, 0.05) is 11.0 Å². The van der Waals surface area contributed by atoms with E-state index in [0.717, 1.165) is 24.0 Å². The number of aliphatic hydroxyl groups is 2. The second-order valence-electron chi connectivity index (χ2n) is 9.04. The summed E-state index contributed by atoms with van der Waals surface area (Å²) in [7, 11) is 0. The molecule has 9 heteroatoms. The Bertz CT molecular complexity index is 1220.